The van der Waals surface area contributed by atoms with E-state index in [9.17, 15) is 24.6 Å². The number of ether oxygens (including phenoxy) is 3. The van der Waals surface area contributed by atoms with Gasteiger partial charge in [-0.25, -0.2) is 14.4 Å². The monoisotopic (exact) mass is 361 g/mol. The number of cyclic esters (lactones) is 1. The number of hydrogen-bond acceptors (Lipinski definition) is 9. The molecule has 0 saturated heterocycles. The summed E-state index contributed by atoms with van der Waals surface area (Å²) in [5, 5.41) is 30.3. The standard InChI is InChI=1S/C15H23NO9/c1-4-23-13(20)8(5-7(2)3)16-15(22)25-12-10(19)11(9(18)6-17)24-14(12)21/h7-9,11,17-19H,4-6H2,1-3H3,(H,16,22)/t8?,9?,11-/m1/s1. The van der Waals surface area contributed by atoms with Gasteiger partial charge in [0.15, 0.2) is 11.9 Å². The Bertz CT molecular complexity index is 543. The van der Waals surface area contributed by atoms with Gasteiger partial charge >= 0.3 is 18.0 Å². The first-order valence-electron chi connectivity index (χ1n) is 7.79. The van der Waals surface area contributed by atoms with Crippen molar-refractivity contribution in [2.24, 2.45) is 5.92 Å². The first kappa shape index (κ1) is 20.7. The molecule has 0 bridgehead atoms. The normalized spacial score (nSPS) is 19.4. The molecule has 2 unspecified atom stereocenters. The van der Waals surface area contributed by atoms with Crippen molar-refractivity contribution in [1.82, 2.24) is 5.32 Å². The van der Waals surface area contributed by atoms with Crippen molar-refractivity contribution in [3.63, 3.8) is 0 Å². The molecule has 142 valence electrons. The van der Waals surface area contributed by atoms with Crippen LogP contribution in [0.25, 0.3) is 0 Å². The van der Waals surface area contributed by atoms with Crippen LogP contribution in [0, 0.1) is 5.92 Å². The topological polar surface area (TPSA) is 152 Å². The number of aliphatic hydroxyl groups is 3. The summed E-state index contributed by atoms with van der Waals surface area (Å²) in [6.45, 7) is 4.64. The van der Waals surface area contributed by atoms with Gasteiger partial charge in [0, 0.05) is 0 Å². The Morgan fingerprint density at radius 2 is 2.00 bits per heavy atom. The number of carbonyl (C=O) groups is 3. The second kappa shape index (κ2) is 9.23. The third-order valence-corrected chi connectivity index (χ3v) is 3.22. The maximum atomic E-state index is 11.9. The molecule has 25 heavy (non-hydrogen) atoms. The molecule has 10 nitrogen and oxygen atoms in total. The number of hydrogen-bond donors (Lipinski definition) is 4. The van der Waals surface area contributed by atoms with Gasteiger partial charge in [0.05, 0.1) is 13.2 Å². The van der Waals surface area contributed by atoms with E-state index < -0.39 is 54.4 Å². The number of aliphatic hydroxyl groups excluding tert-OH is 3. The van der Waals surface area contributed by atoms with Crippen LogP contribution < -0.4 is 5.32 Å². The predicted octanol–water partition coefficient (Wildman–Crippen LogP) is -0.261. The van der Waals surface area contributed by atoms with E-state index in [1.807, 2.05) is 13.8 Å². The van der Waals surface area contributed by atoms with Crippen molar-refractivity contribution in [3.05, 3.63) is 11.5 Å². The van der Waals surface area contributed by atoms with Crippen LogP contribution in [0.4, 0.5) is 4.79 Å². The molecular weight excluding hydrogens is 338 g/mol. The van der Waals surface area contributed by atoms with Crippen molar-refractivity contribution in [2.45, 2.75) is 45.4 Å². The SMILES string of the molecule is CCOC(=O)C(CC(C)C)NC(=O)OC1=C(O)[C@@H](C(O)CO)OC1=O. The zero-order chi connectivity index (χ0) is 19.1. The van der Waals surface area contributed by atoms with Gasteiger partial charge in [-0.3, -0.25) is 0 Å². The number of alkyl carbamates (subject to hydrolysis) is 1. The van der Waals surface area contributed by atoms with Crippen LogP contribution in [0.2, 0.25) is 0 Å². The van der Waals surface area contributed by atoms with E-state index in [-0.39, 0.29) is 18.9 Å². The lowest BCUT2D eigenvalue weighted by Gasteiger charge is -2.18. The fraction of sp³-hybridized carbons (Fsp3) is 0.667. The van der Waals surface area contributed by atoms with Gasteiger partial charge in [-0.15, -0.1) is 0 Å². The Morgan fingerprint density at radius 1 is 1.36 bits per heavy atom. The lowest BCUT2D eigenvalue weighted by molar-refractivity contribution is -0.147. The number of nitrogens with one attached hydrogen (secondary N) is 1. The summed E-state index contributed by atoms with van der Waals surface area (Å²) in [6.07, 6.45) is -4.00. The molecule has 0 fully saturated rings. The lowest BCUT2D eigenvalue weighted by atomic mass is 10.0. The minimum Gasteiger partial charge on any atom is -0.505 e. The highest BCUT2D eigenvalue weighted by Crippen LogP contribution is 2.24. The maximum Gasteiger partial charge on any atom is 0.413 e. The zero-order valence-electron chi connectivity index (χ0n) is 14.2. The summed E-state index contributed by atoms with van der Waals surface area (Å²) >= 11 is 0. The van der Waals surface area contributed by atoms with Gasteiger partial charge in [-0.1, -0.05) is 13.8 Å². The lowest BCUT2D eigenvalue weighted by Crippen LogP contribution is -2.43. The molecular formula is C15H23NO9. The Kier molecular flexibility index (Phi) is 7.65. The van der Waals surface area contributed by atoms with E-state index in [0.717, 1.165) is 0 Å². The minimum absolute atomic E-state index is 0.0582. The first-order valence-corrected chi connectivity index (χ1v) is 7.79. The maximum absolute atomic E-state index is 11.9. The van der Waals surface area contributed by atoms with Crippen molar-refractivity contribution in [2.75, 3.05) is 13.2 Å². The van der Waals surface area contributed by atoms with Crippen LogP contribution in [-0.2, 0) is 23.8 Å². The fourth-order valence-electron chi connectivity index (χ4n) is 2.10. The van der Waals surface area contributed by atoms with E-state index >= 15 is 0 Å². The molecule has 0 spiro atoms. The summed E-state index contributed by atoms with van der Waals surface area (Å²) in [5.74, 6) is -3.42. The van der Waals surface area contributed by atoms with Gasteiger partial charge < -0.3 is 34.8 Å². The highest BCUT2D eigenvalue weighted by molar-refractivity contribution is 5.92. The molecule has 1 aliphatic heterocycles. The van der Waals surface area contributed by atoms with Gasteiger partial charge in [0.1, 0.15) is 12.1 Å². The van der Waals surface area contributed by atoms with E-state index in [1.54, 1.807) is 6.92 Å². The molecule has 3 atom stereocenters. The third kappa shape index (κ3) is 5.61. The van der Waals surface area contributed by atoms with E-state index in [2.05, 4.69) is 10.1 Å². The smallest absolute Gasteiger partial charge is 0.413 e. The van der Waals surface area contributed by atoms with E-state index in [1.165, 1.54) is 0 Å². The molecule has 0 saturated carbocycles. The predicted molar refractivity (Wildman–Crippen MR) is 82.1 cm³/mol. The van der Waals surface area contributed by atoms with Crippen LogP contribution in [0.1, 0.15) is 27.2 Å². The number of amides is 1. The zero-order valence-corrected chi connectivity index (χ0v) is 14.2. The number of carbonyl (C=O) groups excluding carboxylic acids is 3. The van der Waals surface area contributed by atoms with E-state index in [4.69, 9.17) is 14.6 Å². The molecule has 0 radical (unpaired) electrons. The quantitative estimate of drug-likeness (QED) is 0.338. The molecule has 0 aromatic heterocycles. The molecule has 0 aromatic rings. The molecule has 0 aliphatic carbocycles. The highest BCUT2D eigenvalue weighted by Gasteiger charge is 2.41. The van der Waals surface area contributed by atoms with E-state index in [0.29, 0.717) is 0 Å². The van der Waals surface area contributed by atoms with Crippen molar-refractivity contribution < 1.29 is 43.9 Å². The van der Waals surface area contributed by atoms with Crippen LogP contribution in [0.5, 0.6) is 0 Å². The van der Waals surface area contributed by atoms with Crippen molar-refractivity contribution >= 4 is 18.0 Å². The molecule has 4 N–H and O–H groups in total. The van der Waals surface area contributed by atoms with Gasteiger partial charge in [-0.05, 0) is 19.3 Å². The van der Waals surface area contributed by atoms with Crippen LogP contribution in [-0.4, -0.2) is 64.8 Å². The average Bonchev–Trinajstić information content (AvgIpc) is 2.81. The highest BCUT2D eigenvalue weighted by atomic mass is 16.6. The Hall–Kier alpha value is -2.33. The van der Waals surface area contributed by atoms with Crippen LogP contribution in [0.3, 0.4) is 0 Å². The largest absolute Gasteiger partial charge is 0.505 e. The number of rotatable bonds is 8. The number of esters is 2. The Balaban J connectivity index is 2.80. The Morgan fingerprint density at radius 3 is 2.52 bits per heavy atom. The molecule has 1 aliphatic rings. The summed E-state index contributed by atoms with van der Waals surface area (Å²) in [7, 11) is 0. The van der Waals surface area contributed by atoms with Crippen LogP contribution in [0.15, 0.2) is 11.5 Å². The molecule has 1 rings (SSSR count). The average molecular weight is 361 g/mol. The molecule has 1 heterocycles. The van der Waals surface area contributed by atoms with Crippen LogP contribution >= 0.6 is 0 Å². The van der Waals surface area contributed by atoms with Crippen molar-refractivity contribution in [1.29, 1.82) is 0 Å². The molecule has 0 aromatic carbocycles. The van der Waals surface area contributed by atoms with Gasteiger partial charge in [-0.2, -0.15) is 0 Å². The first-order chi connectivity index (χ1) is 11.7. The second-order valence-electron chi connectivity index (χ2n) is 5.76. The Labute approximate surface area is 144 Å². The molecule has 1 amide bonds. The van der Waals surface area contributed by atoms with Gasteiger partial charge in [0.25, 0.3) is 5.76 Å². The fourth-order valence-corrected chi connectivity index (χ4v) is 2.10. The summed E-state index contributed by atoms with van der Waals surface area (Å²) in [5.41, 5.74) is 0. The summed E-state index contributed by atoms with van der Waals surface area (Å²) < 4.78 is 14.2. The van der Waals surface area contributed by atoms with Crippen molar-refractivity contribution in [3.8, 4) is 0 Å². The van der Waals surface area contributed by atoms with Gasteiger partial charge in [0.2, 0.25) is 0 Å². The molecule has 10 heteroatoms. The summed E-state index contributed by atoms with van der Waals surface area (Å²) in [6, 6.07) is -0.994. The second-order valence-corrected chi connectivity index (χ2v) is 5.76. The summed E-state index contributed by atoms with van der Waals surface area (Å²) in [4.78, 5) is 35.4. The third-order valence-electron chi connectivity index (χ3n) is 3.22. The minimum atomic E-state index is -1.57.